The van der Waals surface area contributed by atoms with Gasteiger partial charge < -0.3 is 0 Å². The molecule has 0 aromatic carbocycles. The van der Waals surface area contributed by atoms with E-state index in [0.29, 0.717) is 4.83 Å². The Balaban J connectivity index is 2.14. The third kappa shape index (κ3) is 2.67. The molecule has 1 atom stereocenters. The molecular weight excluding hydrogens is 264 g/mol. The van der Waals surface area contributed by atoms with Crippen molar-refractivity contribution in [3.63, 3.8) is 0 Å². The molecule has 2 aromatic heterocycles. The Morgan fingerprint density at radius 2 is 1.94 bits per heavy atom. The molecule has 0 saturated heterocycles. The standard InChI is InChI=1S/C13H13BrN2/c1-10-3-2-6-16-13(10)9-12(14)11-4-7-15-8-5-11/h2-8,12H,9H2,1H3. The van der Waals surface area contributed by atoms with Crippen molar-refractivity contribution in [2.75, 3.05) is 0 Å². The highest BCUT2D eigenvalue weighted by atomic mass is 79.9. The van der Waals surface area contributed by atoms with Crippen LogP contribution in [0, 0.1) is 6.92 Å². The van der Waals surface area contributed by atoms with Crippen LogP contribution >= 0.6 is 15.9 Å². The van der Waals surface area contributed by atoms with Crippen molar-refractivity contribution >= 4 is 15.9 Å². The highest BCUT2D eigenvalue weighted by molar-refractivity contribution is 9.09. The summed E-state index contributed by atoms with van der Waals surface area (Å²) in [4.78, 5) is 8.71. The summed E-state index contributed by atoms with van der Waals surface area (Å²) in [6, 6.07) is 8.11. The van der Waals surface area contributed by atoms with Crippen molar-refractivity contribution in [1.29, 1.82) is 0 Å². The number of rotatable bonds is 3. The quantitative estimate of drug-likeness (QED) is 0.803. The van der Waals surface area contributed by atoms with Crippen LogP contribution in [0.3, 0.4) is 0 Å². The van der Waals surface area contributed by atoms with Crippen LogP contribution in [-0.4, -0.2) is 9.97 Å². The van der Waals surface area contributed by atoms with Crippen molar-refractivity contribution in [2.24, 2.45) is 0 Å². The smallest absolute Gasteiger partial charge is 0.0451 e. The molecule has 0 radical (unpaired) electrons. The minimum atomic E-state index is 0.295. The molecule has 0 aliphatic carbocycles. The summed E-state index contributed by atoms with van der Waals surface area (Å²) in [5.74, 6) is 0. The summed E-state index contributed by atoms with van der Waals surface area (Å²) in [7, 11) is 0. The van der Waals surface area contributed by atoms with E-state index in [9.17, 15) is 0 Å². The Morgan fingerprint density at radius 1 is 1.19 bits per heavy atom. The second-order valence-corrected chi connectivity index (χ2v) is 4.82. The van der Waals surface area contributed by atoms with Crippen molar-refractivity contribution in [3.05, 3.63) is 59.7 Å². The third-order valence-corrected chi connectivity index (χ3v) is 3.41. The Morgan fingerprint density at radius 3 is 2.62 bits per heavy atom. The summed E-state index contributed by atoms with van der Waals surface area (Å²) in [5.41, 5.74) is 3.61. The van der Waals surface area contributed by atoms with Crippen molar-refractivity contribution in [2.45, 2.75) is 18.2 Å². The maximum absolute atomic E-state index is 4.40. The van der Waals surface area contributed by atoms with Gasteiger partial charge in [-0.05, 0) is 36.2 Å². The molecule has 0 fully saturated rings. The van der Waals surface area contributed by atoms with Crippen LogP contribution in [0.25, 0.3) is 0 Å². The first-order chi connectivity index (χ1) is 7.77. The second kappa shape index (κ2) is 5.21. The van der Waals surface area contributed by atoms with Crippen molar-refractivity contribution in [1.82, 2.24) is 9.97 Å². The van der Waals surface area contributed by atoms with E-state index in [1.54, 1.807) is 0 Å². The Bertz CT molecular complexity index is 456. The summed E-state index contributed by atoms with van der Waals surface area (Å²) in [6.07, 6.45) is 6.37. The molecule has 2 aromatic rings. The molecule has 0 N–H and O–H groups in total. The molecule has 1 unspecified atom stereocenters. The molecule has 82 valence electrons. The van der Waals surface area contributed by atoms with E-state index in [1.807, 2.05) is 36.8 Å². The molecule has 16 heavy (non-hydrogen) atoms. The van der Waals surface area contributed by atoms with Crippen LogP contribution in [0.5, 0.6) is 0 Å². The molecule has 0 spiro atoms. The van der Waals surface area contributed by atoms with Gasteiger partial charge in [0, 0.05) is 35.5 Å². The van der Waals surface area contributed by atoms with Crippen LogP contribution in [0.2, 0.25) is 0 Å². The zero-order valence-electron chi connectivity index (χ0n) is 9.10. The number of pyridine rings is 2. The van der Waals surface area contributed by atoms with Gasteiger partial charge >= 0.3 is 0 Å². The van der Waals surface area contributed by atoms with Crippen LogP contribution in [0.1, 0.15) is 21.6 Å². The van der Waals surface area contributed by atoms with E-state index in [0.717, 1.165) is 12.1 Å². The number of aromatic nitrogens is 2. The molecule has 2 nitrogen and oxygen atoms in total. The lowest BCUT2D eigenvalue weighted by Gasteiger charge is -2.10. The number of hydrogen-bond acceptors (Lipinski definition) is 2. The minimum Gasteiger partial charge on any atom is -0.265 e. The first kappa shape index (κ1) is 11.3. The van der Waals surface area contributed by atoms with Crippen molar-refractivity contribution in [3.8, 4) is 0 Å². The van der Waals surface area contributed by atoms with E-state index in [4.69, 9.17) is 0 Å². The maximum atomic E-state index is 4.40. The SMILES string of the molecule is Cc1cccnc1CC(Br)c1ccncc1. The van der Waals surface area contributed by atoms with Gasteiger partial charge in [0.25, 0.3) is 0 Å². The Labute approximate surface area is 104 Å². The lowest BCUT2D eigenvalue weighted by atomic mass is 10.1. The zero-order chi connectivity index (χ0) is 11.4. The molecule has 0 bridgehead atoms. The summed E-state index contributed by atoms with van der Waals surface area (Å²) in [6.45, 7) is 2.09. The molecule has 2 heterocycles. The molecule has 0 amide bonds. The first-order valence-corrected chi connectivity index (χ1v) is 6.13. The lowest BCUT2D eigenvalue weighted by molar-refractivity contribution is 0.889. The molecule has 0 aliphatic rings. The largest absolute Gasteiger partial charge is 0.265 e. The lowest BCUT2D eigenvalue weighted by Crippen LogP contribution is -1.99. The van der Waals surface area contributed by atoms with E-state index < -0.39 is 0 Å². The number of alkyl halides is 1. The minimum absolute atomic E-state index is 0.295. The van der Waals surface area contributed by atoms with Crippen LogP contribution in [0.15, 0.2) is 42.9 Å². The van der Waals surface area contributed by atoms with E-state index >= 15 is 0 Å². The third-order valence-electron chi connectivity index (χ3n) is 2.56. The average Bonchev–Trinajstić information content (AvgIpc) is 2.33. The number of hydrogen-bond donors (Lipinski definition) is 0. The summed E-state index contributed by atoms with van der Waals surface area (Å²) >= 11 is 3.69. The monoisotopic (exact) mass is 276 g/mol. The summed E-state index contributed by atoms with van der Waals surface area (Å²) < 4.78 is 0. The van der Waals surface area contributed by atoms with Gasteiger partial charge in [-0.2, -0.15) is 0 Å². The molecular formula is C13H13BrN2. The second-order valence-electron chi connectivity index (χ2n) is 3.72. The van der Waals surface area contributed by atoms with Gasteiger partial charge in [0.15, 0.2) is 0 Å². The van der Waals surface area contributed by atoms with Gasteiger partial charge in [-0.3, -0.25) is 9.97 Å². The Kier molecular flexibility index (Phi) is 3.67. The van der Waals surface area contributed by atoms with Gasteiger partial charge in [-0.25, -0.2) is 0 Å². The van der Waals surface area contributed by atoms with Gasteiger partial charge in [0.05, 0.1) is 0 Å². The topological polar surface area (TPSA) is 25.8 Å². The molecule has 2 rings (SSSR count). The van der Waals surface area contributed by atoms with E-state index in [-0.39, 0.29) is 0 Å². The fraction of sp³-hybridized carbons (Fsp3) is 0.231. The zero-order valence-corrected chi connectivity index (χ0v) is 10.7. The molecule has 0 saturated carbocycles. The van der Waals surface area contributed by atoms with E-state index in [2.05, 4.69) is 38.9 Å². The van der Waals surface area contributed by atoms with E-state index in [1.165, 1.54) is 11.1 Å². The number of aryl methyl sites for hydroxylation is 1. The van der Waals surface area contributed by atoms with Gasteiger partial charge in [0.1, 0.15) is 0 Å². The van der Waals surface area contributed by atoms with Crippen molar-refractivity contribution < 1.29 is 0 Å². The number of nitrogens with zero attached hydrogens (tertiary/aromatic N) is 2. The van der Waals surface area contributed by atoms with Crippen LogP contribution < -0.4 is 0 Å². The molecule has 3 heteroatoms. The predicted molar refractivity (Wildman–Crippen MR) is 68.6 cm³/mol. The van der Waals surface area contributed by atoms with Crippen LogP contribution in [0.4, 0.5) is 0 Å². The average molecular weight is 277 g/mol. The summed E-state index contributed by atoms with van der Waals surface area (Å²) in [5, 5.41) is 0. The van der Waals surface area contributed by atoms with Gasteiger partial charge in [-0.15, -0.1) is 0 Å². The predicted octanol–water partition coefficient (Wildman–Crippen LogP) is 3.46. The highest BCUT2D eigenvalue weighted by Crippen LogP contribution is 2.26. The number of halogens is 1. The van der Waals surface area contributed by atoms with Crippen LogP contribution in [-0.2, 0) is 6.42 Å². The van der Waals surface area contributed by atoms with Gasteiger partial charge in [-0.1, -0.05) is 22.0 Å². The highest BCUT2D eigenvalue weighted by Gasteiger charge is 2.10. The normalized spacial score (nSPS) is 12.4. The fourth-order valence-corrected chi connectivity index (χ4v) is 2.20. The van der Waals surface area contributed by atoms with Gasteiger partial charge in [0.2, 0.25) is 0 Å². The fourth-order valence-electron chi connectivity index (χ4n) is 1.59. The Hall–Kier alpha value is -1.22. The first-order valence-electron chi connectivity index (χ1n) is 5.22. The maximum Gasteiger partial charge on any atom is 0.0451 e. The molecule has 0 aliphatic heterocycles.